The molecule has 2 aliphatic rings. The zero-order chi connectivity index (χ0) is 33.0. The normalized spacial score (nSPS) is 13.5. The average molecular weight is 844 g/mol. The fourth-order valence-electron chi connectivity index (χ4n) is 7.26. The van der Waals surface area contributed by atoms with Gasteiger partial charge in [0.15, 0.2) is 0 Å². The van der Waals surface area contributed by atoms with Crippen molar-refractivity contribution in [3.05, 3.63) is 145 Å². The van der Waals surface area contributed by atoms with E-state index in [0.717, 1.165) is 12.8 Å². The van der Waals surface area contributed by atoms with E-state index < -0.39 is 21.0 Å². The summed E-state index contributed by atoms with van der Waals surface area (Å²) in [6.07, 6.45) is 9.33. The predicted molar refractivity (Wildman–Crippen MR) is 212 cm³/mol. The number of hydrogen-bond donors (Lipinski definition) is 0. The molecule has 0 saturated heterocycles. The van der Waals surface area contributed by atoms with Gasteiger partial charge in [-0.25, -0.2) is 0 Å². The zero-order valence-electron chi connectivity index (χ0n) is 30.6. The van der Waals surface area contributed by atoms with Crippen LogP contribution in [0.1, 0.15) is 132 Å². The Balaban J connectivity index is 0.00000260. The molecule has 0 unspecified atom stereocenters. The third-order valence-electron chi connectivity index (χ3n) is 10.1. The molecule has 0 spiro atoms. The minimum Gasteiger partial charge on any atom is -0.147 e. The van der Waals surface area contributed by atoms with Gasteiger partial charge >= 0.3 is 288 Å². The van der Waals surface area contributed by atoms with Crippen LogP contribution in [0.15, 0.2) is 100 Å². The van der Waals surface area contributed by atoms with Crippen molar-refractivity contribution in [3.8, 4) is 11.1 Å². The molecule has 0 saturated carbocycles. The molecular formula is C45H54Cl2Hf. The molecule has 0 aliphatic heterocycles. The van der Waals surface area contributed by atoms with Crippen molar-refractivity contribution in [2.24, 2.45) is 0 Å². The van der Waals surface area contributed by atoms with Crippen LogP contribution < -0.4 is 3.32 Å². The Labute approximate surface area is 311 Å². The molecule has 0 fully saturated rings. The number of benzene rings is 4. The molecule has 4 aromatic carbocycles. The van der Waals surface area contributed by atoms with Gasteiger partial charge in [-0.1, -0.05) is 0 Å². The molecule has 48 heavy (non-hydrogen) atoms. The van der Waals surface area contributed by atoms with Crippen LogP contribution in [0, 0.1) is 0 Å². The molecule has 6 rings (SSSR count). The molecule has 2 aliphatic carbocycles. The van der Waals surface area contributed by atoms with Crippen molar-refractivity contribution in [3.63, 3.8) is 0 Å². The van der Waals surface area contributed by atoms with Crippen molar-refractivity contribution < 1.29 is 21.0 Å². The van der Waals surface area contributed by atoms with Crippen molar-refractivity contribution in [1.29, 1.82) is 0 Å². The van der Waals surface area contributed by atoms with Crippen LogP contribution >= 0.6 is 24.8 Å². The van der Waals surface area contributed by atoms with E-state index in [1.165, 1.54) is 44.5 Å². The van der Waals surface area contributed by atoms with E-state index in [1.807, 2.05) is 0 Å². The summed E-state index contributed by atoms with van der Waals surface area (Å²) < 4.78 is 5.07. The van der Waals surface area contributed by atoms with Gasteiger partial charge in [-0.15, -0.1) is 24.8 Å². The summed E-state index contributed by atoms with van der Waals surface area (Å²) in [7, 11) is 0. The molecule has 0 bridgehead atoms. The van der Waals surface area contributed by atoms with Crippen LogP contribution in [0.5, 0.6) is 0 Å². The molecule has 0 N–H and O–H groups in total. The van der Waals surface area contributed by atoms with E-state index in [0.29, 0.717) is 11.8 Å². The first-order chi connectivity index (χ1) is 21.7. The molecule has 0 heterocycles. The standard InChI is InChI=1S/C21H25.C19H22.C5H5.2ClH.Hf/c1-20(2,3)16-7-9-18-14(12-16)11-15-13-17(21(4,5)6)8-10-19(15)18;1-14(2)18-9-5-16(6-10-18)13-17-7-11-19(12-8-17)15(3)4;1-2-4-5-3-1;;;/h7-10,12H,11H2,1-6H3;5-12,14-15H,1-4H3;1-3H,4H2;2*1H;. The third kappa shape index (κ3) is 7.55. The summed E-state index contributed by atoms with van der Waals surface area (Å²) in [5.74, 6) is 1.04. The van der Waals surface area contributed by atoms with E-state index in [2.05, 4.69) is 166 Å². The summed E-state index contributed by atoms with van der Waals surface area (Å²) >= 11 is -3.05. The first kappa shape index (κ1) is 38.5. The molecule has 0 radical (unpaired) electrons. The van der Waals surface area contributed by atoms with Crippen LogP contribution in [0.25, 0.3) is 11.1 Å². The SMILES string of the molecule is CC(C)c1ccc([C](c2ccc(C(C)C)cc2)=[Hf]([C]2=CC=CC2)[c]2c(C(C)(C)C)ccc3c2Cc2cc(C(C)(C)C)ccc2-3)cc1.Cl.Cl. The summed E-state index contributed by atoms with van der Waals surface area (Å²) in [5, 5.41) is 0. The van der Waals surface area contributed by atoms with Gasteiger partial charge in [0.1, 0.15) is 0 Å². The van der Waals surface area contributed by atoms with E-state index in [4.69, 9.17) is 0 Å². The number of halogens is 2. The number of hydrogen-bond acceptors (Lipinski definition) is 0. The third-order valence-corrected chi connectivity index (χ3v) is 21.4. The zero-order valence-corrected chi connectivity index (χ0v) is 35.8. The molecule has 0 nitrogen and oxygen atoms in total. The average Bonchev–Trinajstić information content (AvgIpc) is 3.67. The number of rotatable bonds is 6. The van der Waals surface area contributed by atoms with Gasteiger partial charge in [-0.05, 0) is 0 Å². The van der Waals surface area contributed by atoms with Gasteiger partial charge in [0.05, 0.1) is 0 Å². The Morgan fingerprint density at radius 1 is 0.646 bits per heavy atom. The van der Waals surface area contributed by atoms with E-state index in [1.54, 1.807) is 21.0 Å². The summed E-state index contributed by atoms with van der Waals surface area (Å²) in [6.45, 7) is 23.5. The maximum atomic E-state index is 2.51. The first-order valence-corrected chi connectivity index (χ1v) is 22.7. The maximum absolute atomic E-state index is 3.05. The molecule has 0 amide bonds. The van der Waals surface area contributed by atoms with Gasteiger partial charge in [0.2, 0.25) is 0 Å². The van der Waals surface area contributed by atoms with Crippen molar-refractivity contribution in [2.45, 2.75) is 105 Å². The van der Waals surface area contributed by atoms with Gasteiger partial charge < -0.3 is 0 Å². The molecule has 3 heteroatoms. The fraction of sp³-hybridized carbons (Fsp3) is 0.356. The second kappa shape index (κ2) is 14.9. The molecule has 4 aromatic rings. The maximum Gasteiger partial charge on any atom is -0.147 e. The minimum absolute atomic E-state index is 0. The van der Waals surface area contributed by atoms with Crippen LogP contribution in [0.2, 0.25) is 0 Å². The second-order valence-electron chi connectivity index (χ2n) is 16.2. The van der Waals surface area contributed by atoms with Crippen LogP contribution in [0.4, 0.5) is 0 Å². The van der Waals surface area contributed by atoms with Gasteiger partial charge in [0, 0.05) is 0 Å². The number of allylic oxidation sites excluding steroid dienone is 4. The topological polar surface area (TPSA) is 0 Å². The summed E-state index contributed by atoms with van der Waals surface area (Å²) in [6, 6.07) is 31.6. The Morgan fingerprint density at radius 2 is 1.19 bits per heavy atom. The minimum atomic E-state index is -3.05. The number of fused-ring (bicyclic) bond motifs is 3. The van der Waals surface area contributed by atoms with Gasteiger partial charge in [0.25, 0.3) is 0 Å². The van der Waals surface area contributed by atoms with E-state index in [9.17, 15) is 0 Å². The van der Waals surface area contributed by atoms with Gasteiger partial charge in [-0.3, -0.25) is 0 Å². The smallest absolute Gasteiger partial charge is 0.147 e. The Hall–Kier alpha value is -2.32. The van der Waals surface area contributed by atoms with Crippen LogP contribution in [-0.4, -0.2) is 3.26 Å². The molecular weight excluding hydrogens is 790 g/mol. The fourth-order valence-corrected chi connectivity index (χ4v) is 20.3. The monoisotopic (exact) mass is 844 g/mol. The molecule has 252 valence electrons. The van der Waals surface area contributed by atoms with Gasteiger partial charge in [-0.2, -0.15) is 0 Å². The summed E-state index contributed by atoms with van der Waals surface area (Å²) in [4.78, 5) is 0. The van der Waals surface area contributed by atoms with Crippen molar-refractivity contribution in [2.75, 3.05) is 0 Å². The van der Waals surface area contributed by atoms with Crippen molar-refractivity contribution in [1.82, 2.24) is 0 Å². The van der Waals surface area contributed by atoms with E-state index in [-0.39, 0.29) is 35.6 Å². The van der Waals surface area contributed by atoms with Crippen LogP contribution in [0.3, 0.4) is 0 Å². The molecule has 0 atom stereocenters. The quantitative estimate of drug-likeness (QED) is 0.149. The Bertz CT molecular complexity index is 1820. The first-order valence-electron chi connectivity index (χ1n) is 17.4. The largest absolute Gasteiger partial charge is 0.147 e. The molecule has 0 aromatic heterocycles. The van der Waals surface area contributed by atoms with E-state index >= 15 is 0 Å². The predicted octanol–water partition coefficient (Wildman–Crippen LogP) is 12.3. The second-order valence-corrected chi connectivity index (χ2v) is 24.8. The Kier molecular flexibility index (Phi) is 11.9. The Morgan fingerprint density at radius 3 is 1.65 bits per heavy atom. The summed E-state index contributed by atoms with van der Waals surface area (Å²) in [5.41, 5.74) is 14.9. The van der Waals surface area contributed by atoms with Crippen molar-refractivity contribution >= 4 is 31.4 Å². The van der Waals surface area contributed by atoms with Crippen LogP contribution in [-0.2, 0) is 38.2 Å².